The highest BCUT2D eigenvalue weighted by atomic mass is 16.4. The van der Waals surface area contributed by atoms with Crippen LogP contribution in [-0.4, -0.2) is 24.2 Å². The van der Waals surface area contributed by atoms with Gasteiger partial charge in [-0.2, -0.15) is 0 Å². The van der Waals surface area contributed by atoms with Gasteiger partial charge in [0.25, 0.3) is 0 Å². The lowest BCUT2D eigenvalue weighted by Crippen LogP contribution is -2.17. The largest absolute Gasteiger partial charge is 0.481 e. The van der Waals surface area contributed by atoms with Gasteiger partial charge in [0, 0.05) is 6.54 Å². The third kappa shape index (κ3) is 5.43. The smallest absolute Gasteiger partial charge is 0.304 e. The molecule has 2 radical (unpaired) electrons. The van der Waals surface area contributed by atoms with Crippen LogP contribution in [0.15, 0.2) is 0 Å². The van der Waals surface area contributed by atoms with E-state index in [0.717, 1.165) is 0 Å². The Morgan fingerprint density at radius 1 is 1.75 bits per heavy atom. The van der Waals surface area contributed by atoms with E-state index in [1.54, 1.807) is 0 Å². The standard InChI is InChI=1S/C5H9NO2/c1-2-6-4-3-5(7)8/h1,6H,2-4H2,(H,7,8). The van der Waals surface area contributed by atoms with E-state index in [9.17, 15) is 4.79 Å². The zero-order valence-electron chi connectivity index (χ0n) is 4.55. The molecule has 0 aliphatic heterocycles. The lowest BCUT2D eigenvalue weighted by atomic mass is 10.4. The summed E-state index contributed by atoms with van der Waals surface area (Å²) in [4.78, 5) is 9.79. The van der Waals surface area contributed by atoms with Crippen LogP contribution in [0, 0.1) is 6.92 Å². The molecular formula is C5H9NO2. The summed E-state index contributed by atoms with van der Waals surface area (Å²) < 4.78 is 0. The van der Waals surface area contributed by atoms with Crippen molar-refractivity contribution in [3.8, 4) is 0 Å². The van der Waals surface area contributed by atoms with Gasteiger partial charge in [0.1, 0.15) is 0 Å². The molecule has 0 fully saturated rings. The molecule has 0 saturated heterocycles. The van der Waals surface area contributed by atoms with Gasteiger partial charge in [-0.25, -0.2) is 0 Å². The van der Waals surface area contributed by atoms with Crippen LogP contribution >= 0.6 is 0 Å². The van der Waals surface area contributed by atoms with Crippen LogP contribution in [-0.2, 0) is 4.79 Å². The number of carboxylic acid groups (broad SMARTS) is 1. The molecule has 0 spiro atoms. The van der Waals surface area contributed by atoms with E-state index in [-0.39, 0.29) is 6.42 Å². The maximum Gasteiger partial charge on any atom is 0.304 e. The predicted octanol–water partition coefficient (Wildman–Crippen LogP) is -0.238. The first kappa shape index (κ1) is 7.43. The summed E-state index contributed by atoms with van der Waals surface area (Å²) in [5, 5.41) is 10.7. The van der Waals surface area contributed by atoms with Crippen molar-refractivity contribution in [3.63, 3.8) is 0 Å². The summed E-state index contributed by atoms with van der Waals surface area (Å²) in [6.07, 6.45) is 0.136. The van der Waals surface area contributed by atoms with Crippen LogP contribution in [0.3, 0.4) is 0 Å². The van der Waals surface area contributed by atoms with Gasteiger partial charge in [0.2, 0.25) is 0 Å². The average Bonchev–Trinajstić information content (AvgIpc) is 1.66. The Morgan fingerprint density at radius 2 is 2.38 bits per heavy atom. The number of aliphatic carboxylic acids is 1. The maximum atomic E-state index is 9.79. The second-order valence-electron chi connectivity index (χ2n) is 1.35. The van der Waals surface area contributed by atoms with Crippen molar-refractivity contribution in [3.05, 3.63) is 6.92 Å². The third-order valence-electron chi connectivity index (χ3n) is 0.660. The Bertz CT molecular complexity index is 72.8. The van der Waals surface area contributed by atoms with E-state index in [1.165, 1.54) is 0 Å². The molecule has 46 valence electrons. The molecule has 0 aromatic rings. The number of hydrogen-bond acceptors (Lipinski definition) is 2. The Hall–Kier alpha value is -0.570. The van der Waals surface area contributed by atoms with Gasteiger partial charge >= 0.3 is 5.97 Å². The van der Waals surface area contributed by atoms with Gasteiger partial charge < -0.3 is 10.4 Å². The Morgan fingerprint density at radius 3 is 2.75 bits per heavy atom. The van der Waals surface area contributed by atoms with Crippen LogP contribution in [0.5, 0.6) is 0 Å². The van der Waals surface area contributed by atoms with Crippen molar-refractivity contribution in [2.24, 2.45) is 0 Å². The fourth-order valence-corrected chi connectivity index (χ4v) is 0.297. The van der Waals surface area contributed by atoms with Gasteiger partial charge in [0.05, 0.1) is 6.42 Å². The van der Waals surface area contributed by atoms with E-state index in [2.05, 4.69) is 5.32 Å². The van der Waals surface area contributed by atoms with Crippen LogP contribution < -0.4 is 5.32 Å². The molecule has 3 nitrogen and oxygen atoms in total. The molecule has 0 unspecified atom stereocenters. The van der Waals surface area contributed by atoms with Gasteiger partial charge in [0.15, 0.2) is 0 Å². The summed E-state index contributed by atoms with van der Waals surface area (Å²) in [7, 11) is 0. The van der Waals surface area contributed by atoms with Crippen molar-refractivity contribution in [2.75, 3.05) is 13.1 Å². The first-order valence-corrected chi connectivity index (χ1v) is 2.40. The summed E-state index contributed by atoms with van der Waals surface area (Å²) >= 11 is 0. The highest BCUT2D eigenvalue weighted by Gasteiger charge is 1.91. The molecule has 0 atom stereocenters. The van der Waals surface area contributed by atoms with Gasteiger partial charge in [-0.05, 0) is 13.5 Å². The predicted molar refractivity (Wildman–Crippen MR) is 29.4 cm³/mol. The van der Waals surface area contributed by atoms with Crippen LogP contribution in [0.4, 0.5) is 0 Å². The number of hydrogen-bond donors (Lipinski definition) is 2. The number of carbonyl (C=O) groups is 1. The van der Waals surface area contributed by atoms with Crippen LogP contribution in [0.25, 0.3) is 0 Å². The minimum Gasteiger partial charge on any atom is -0.481 e. The van der Waals surface area contributed by atoms with Gasteiger partial charge in [-0.1, -0.05) is 0 Å². The first-order valence-electron chi connectivity index (χ1n) is 2.40. The molecule has 0 heterocycles. The first-order chi connectivity index (χ1) is 3.77. The molecule has 0 rings (SSSR count). The summed E-state index contributed by atoms with van der Waals surface area (Å²) in [6.45, 7) is 5.80. The Balaban J connectivity index is 2.82. The molecule has 0 amide bonds. The van der Waals surface area contributed by atoms with Crippen molar-refractivity contribution < 1.29 is 9.90 Å². The second-order valence-corrected chi connectivity index (χ2v) is 1.35. The maximum absolute atomic E-state index is 9.79. The quantitative estimate of drug-likeness (QED) is 0.497. The molecule has 8 heavy (non-hydrogen) atoms. The van der Waals surface area contributed by atoms with E-state index in [4.69, 9.17) is 12.0 Å². The monoisotopic (exact) mass is 115 g/mol. The second kappa shape index (κ2) is 4.59. The number of carboxylic acids is 1. The highest BCUT2D eigenvalue weighted by molar-refractivity contribution is 5.66. The van der Waals surface area contributed by atoms with E-state index < -0.39 is 5.97 Å². The highest BCUT2D eigenvalue weighted by Crippen LogP contribution is 1.72. The Kier molecular flexibility index (Phi) is 4.26. The van der Waals surface area contributed by atoms with Crippen molar-refractivity contribution in [1.82, 2.24) is 5.32 Å². The third-order valence-corrected chi connectivity index (χ3v) is 0.660. The van der Waals surface area contributed by atoms with Crippen LogP contribution in [0.1, 0.15) is 6.42 Å². The molecule has 0 aromatic heterocycles. The molecule has 0 aliphatic carbocycles. The lowest BCUT2D eigenvalue weighted by Gasteiger charge is -1.93. The van der Waals surface area contributed by atoms with Gasteiger partial charge in [-0.3, -0.25) is 4.79 Å². The minimum absolute atomic E-state index is 0.136. The summed E-state index contributed by atoms with van der Waals surface area (Å²) in [5.74, 6) is -0.800. The molecule has 0 aliphatic rings. The molecule has 0 saturated carbocycles. The van der Waals surface area contributed by atoms with Crippen molar-refractivity contribution in [2.45, 2.75) is 6.42 Å². The molecule has 2 N–H and O–H groups in total. The van der Waals surface area contributed by atoms with E-state index in [0.29, 0.717) is 13.1 Å². The molecule has 0 aromatic carbocycles. The fraction of sp³-hybridized carbons (Fsp3) is 0.600. The van der Waals surface area contributed by atoms with Gasteiger partial charge in [-0.15, -0.1) is 0 Å². The average molecular weight is 115 g/mol. The minimum atomic E-state index is -0.800. The SMILES string of the molecule is [CH]CNCCC(=O)O. The zero-order chi connectivity index (χ0) is 6.41. The number of nitrogens with one attached hydrogen (secondary N) is 1. The summed E-state index contributed by atoms with van der Waals surface area (Å²) in [6, 6.07) is 0. The zero-order valence-corrected chi connectivity index (χ0v) is 4.55. The molecule has 0 bridgehead atoms. The number of rotatable bonds is 4. The van der Waals surface area contributed by atoms with Crippen molar-refractivity contribution >= 4 is 5.97 Å². The van der Waals surface area contributed by atoms with Crippen molar-refractivity contribution in [1.29, 1.82) is 0 Å². The molecular weight excluding hydrogens is 106 g/mol. The fourth-order valence-electron chi connectivity index (χ4n) is 0.297. The normalized spacial score (nSPS) is 9.12. The molecule has 3 heteroatoms. The Labute approximate surface area is 48.7 Å². The summed E-state index contributed by atoms with van der Waals surface area (Å²) in [5.41, 5.74) is 0. The van der Waals surface area contributed by atoms with E-state index in [1.807, 2.05) is 0 Å². The lowest BCUT2D eigenvalue weighted by molar-refractivity contribution is -0.136. The van der Waals surface area contributed by atoms with E-state index >= 15 is 0 Å². The van der Waals surface area contributed by atoms with Crippen LogP contribution in [0.2, 0.25) is 0 Å². The topological polar surface area (TPSA) is 49.3 Å².